The Bertz CT molecular complexity index is 454. The van der Waals surface area contributed by atoms with Crippen LogP contribution in [-0.2, 0) is 14.4 Å². The number of hydrogen-bond acceptors (Lipinski definition) is 3. The van der Waals surface area contributed by atoms with E-state index in [1.807, 2.05) is 12.2 Å². The molecule has 132 valence electrons. The molecule has 1 fully saturated rings. The molecule has 0 aromatic heterocycles. The van der Waals surface area contributed by atoms with Gasteiger partial charge in [-0.3, -0.25) is 9.59 Å². The van der Waals surface area contributed by atoms with E-state index in [1.165, 1.54) is 4.90 Å². The van der Waals surface area contributed by atoms with Crippen LogP contribution in [0.25, 0.3) is 0 Å². The van der Waals surface area contributed by atoms with E-state index < -0.39 is 36.4 Å². The topological polar surface area (TPSA) is 86.7 Å². The first kappa shape index (κ1) is 19.2. The summed E-state index contributed by atoms with van der Waals surface area (Å²) in [5, 5.41) is 10.8. The molecule has 0 aromatic rings. The van der Waals surface area contributed by atoms with Gasteiger partial charge in [-0.15, -0.1) is 0 Å². The van der Waals surface area contributed by atoms with E-state index in [1.54, 1.807) is 0 Å². The zero-order valence-corrected chi connectivity index (χ0v) is 12.9. The lowest BCUT2D eigenvalue weighted by molar-refractivity contribution is -0.160. The van der Waals surface area contributed by atoms with Crippen LogP contribution in [0.15, 0.2) is 0 Å². The molecule has 2 N–H and O–H groups in total. The van der Waals surface area contributed by atoms with Gasteiger partial charge in [0.25, 0.3) is 0 Å². The molecule has 1 heterocycles. The molecule has 2 atom stereocenters. The predicted octanol–water partition coefficient (Wildman–Crippen LogP) is 1.55. The number of hydrogen-bond donors (Lipinski definition) is 2. The number of carboxylic acid groups (broad SMARTS) is 1. The molecule has 0 aromatic carbocycles. The normalized spacial score (nSPS) is 20.0. The van der Waals surface area contributed by atoms with Gasteiger partial charge in [0.2, 0.25) is 11.8 Å². The van der Waals surface area contributed by atoms with Crippen LogP contribution in [0.3, 0.4) is 0 Å². The first-order valence-electron chi connectivity index (χ1n) is 7.51. The number of piperidine rings is 1. The molecule has 1 aliphatic rings. The second-order valence-corrected chi connectivity index (χ2v) is 5.65. The minimum absolute atomic E-state index is 0.102. The number of rotatable bonds is 6. The van der Waals surface area contributed by atoms with E-state index in [0.717, 1.165) is 0 Å². The van der Waals surface area contributed by atoms with E-state index in [2.05, 4.69) is 0 Å². The lowest BCUT2D eigenvalue weighted by Gasteiger charge is -2.32. The van der Waals surface area contributed by atoms with Crippen molar-refractivity contribution in [2.24, 2.45) is 5.92 Å². The molecule has 1 aliphatic heterocycles. The Labute approximate surface area is 132 Å². The van der Waals surface area contributed by atoms with E-state index in [9.17, 15) is 27.6 Å². The third kappa shape index (κ3) is 6.45. The zero-order valence-electron chi connectivity index (χ0n) is 12.9. The number of halogens is 3. The summed E-state index contributed by atoms with van der Waals surface area (Å²) in [6.07, 6.45) is -4.32. The largest absolute Gasteiger partial charge is 0.480 e. The quantitative estimate of drug-likeness (QED) is 0.769. The van der Waals surface area contributed by atoms with Crippen LogP contribution < -0.4 is 5.32 Å². The van der Waals surface area contributed by atoms with Crippen LogP contribution in [0.2, 0.25) is 0 Å². The number of carbonyl (C=O) groups is 3. The van der Waals surface area contributed by atoms with Crippen molar-refractivity contribution in [3.8, 4) is 0 Å². The molecule has 23 heavy (non-hydrogen) atoms. The van der Waals surface area contributed by atoms with Crippen LogP contribution >= 0.6 is 0 Å². The van der Waals surface area contributed by atoms with Gasteiger partial charge in [0, 0.05) is 19.5 Å². The minimum Gasteiger partial charge on any atom is -0.480 e. The van der Waals surface area contributed by atoms with Gasteiger partial charge in [-0.1, -0.05) is 6.92 Å². The second kappa shape index (κ2) is 8.16. The number of aliphatic carboxylic acids is 1. The molecular weight excluding hydrogens is 317 g/mol. The van der Waals surface area contributed by atoms with Crippen LogP contribution in [-0.4, -0.2) is 53.1 Å². The zero-order chi connectivity index (χ0) is 17.6. The minimum atomic E-state index is -4.69. The molecule has 2 unspecified atom stereocenters. The molecule has 0 aliphatic carbocycles. The monoisotopic (exact) mass is 338 g/mol. The van der Waals surface area contributed by atoms with Gasteiger partial charge in [-0.2, -0.15) is 13.2 Å². The number of carboxylic acids is 1. The summed E-state index contributed by atoms with van der Waals surface area (Å²) in [6.45, 7) is 2.47. The molecule has 9 heteroatoms. The Morgan fingerprint density at radius 2 is 2.00 bits per heavy atom. The highest BCUT2D eigenvalue weighted by Crippen LogP contribution is 2.23. The highest BCUT2D eigenvalue weighted by atomic mass is 19.4. The summed E-state index contributed by atoms with van der Waals surface area (Å²) in [7, 11) is 0. The van der Waals surface area contributed by atoms with Gasteiger partial charge in [0.1, 0.15) is 6.04 Å². The van der Waals surface area contributed by atoms with Gasteiger partial charge in [-0.25, -0.2) is 4.79 Å². The van der Waals surface area contributed by atoms with Crippen LogP contribution in [0.5, 0.6) is 0 Å². The standard InChI is InChI=1S/C14H21F3N2O4/c1-2-4-11(20)19-6-3-5-9(8-19)12(21)18-10(13(22)23)7-14(15,16)17/h9-10H,2-8H2,1H3,(H,18,21)(H,22,23). The molecule has 0 saturated carbocycles. The van der Waals surface area contributed by atoms with Crippen molar-refractivity contribution in [2.45, 2.75) is 51.2 Å². The molecule has 6 nitrogen and oxygen atoms in total. The van der Waals surface area contributed by atoms with E-state index in [0.29, 0.717) is 32.2 Å². The van der Waals surface area contributed by atoms with Crippen molar-refractivity contribution in [1.29, 1.82) is 0 Å². The summed E-state index contributed by atoms with van der Waals surface area (Å²) < 4.78 is 37.0. The van der Waals surface area contributed by atoms with Crippen molar-refractivity contribution < 1.29 is 32.7 Å². The number of nitrogens with one attached hydrogen (secondary N) is 1. The number of carbonyl (C=O) groups excluding carboxylic acids is 2. The van der Waals surface area contributed by atoms with Crippen LogP contribution in [0, 0.1) is 5.92 Å². The van der Waals surface area contributed by atoms with E-state index in [4.69, 9.17) is 5.11 Å². The molecule has 0 spiro atoms. The summed E-state index contributed by atoms with van der Waals surface area (Å²) in [5.41, 5.74) is 0. The van der Waals surface area contributed by atoms with Crippen molar-refractivity contribution in [3.05, 3.63) is 0 Å². The Hall–Kier alpha value is -1.80. The molecule has 0 bridgehead atoms. The Balaban J connectivity index is 2.64. The van der Waals surface area contributed by atoms with Gasteiger partial charge < -0.3 is 15.3 Å². The summed E-state index contributed by atoms with van der Waals surface area (Å²) in [4.78, 5) is 36.3. The lowest BCUT2D eigenvalue weighted by atomic mass is 9.96. The first-order chi connectivity index (χ1) is 10.6. The molecule has 1 saturated heterocycles. The predicted molar refractivity (Wildman–Crippen MR) is 74.5 cm³/mol. The van der Waals surface area contributed by atoms with Crippen LogP contribution in [0.1, 0.15) is 39.0 Å². The fourth-order valence-corrected chi connectivity index (χ4v) is 2.51. The molecule has 0 radical (unpaired) electrons. The fraction of sp³-hybridized carbons (Fsp3) is 0.786. The maximum absolute atomic E-state index is 12.3. The first-order valence-corrected chi connectivity index (χ1v) is 7.51. The molecule has 1 rings (SSSR count). The van der Waals surface area contributed by atoms with Gasteiger partial charge in [0.05, 0.1) is 12.3 Å². The van der Waals surface area contributed by atoms with Gasteiger partial charge >= 0.3 is 12.1 Å². The number of nitrogens with zero attached hydrogens (tertiary/aromatic N) is 1. The highest BCUT2D eigenvalue weighted by Gasteiger charge is 2.38. The Morgan fingerprint density at radius 1 is 1.35 bits per heavy atom. The van der Waals surface area contributed by atoms with Crippen molar-refractivity contribution in [2.75, 3.05) is 13.1 Å². The second-order valence-electron chi connectivity index (χ2n) is 5.65. The Morgan fingerprint density at radius 3 is 2.52 bits per heavy atom. The SMILES string of the molecule is CCCC(=O)N1CCCC(C(=O)NC(CC(F)(F)F)C(=O)O)C1. The summed E-state index contributed by atoms with van der Waals surface area (Å²) >= 11 is 0. The third-order valence-corrected chi connectivity index (χ3v) is 3.66. The third-order valence-electron chi connectivity index (χ3n) is 3.66. The number of likely N-dealkylation sites (tertiary alicyclic amines) is 1. The maximum atomic E-state index is 12.3. The number of alkyl halides is 3. The number of amides is 2. The smallest absolute Gasteiger partial charge is 0.391 e. The van der Waals surface area contributed by atoms with Crippen molar-refractivity contribution >= 4 is 17.8 Å². The average Bonchev–Trinajstić information content (AvgIpc) is 2.45. The van der Waals surface area contributed by atoms with Crippen LogP contribution in [0.4, 0.5) is 13.2 Å². The van der Waals surface area contributed by atoms with Gasteiger partial charge in [0.15, 0.2) is 0 Å². The fourth-order valence-electron chi connectivity index (χ4n) is 2.51. The Kier molecular flexibility index (Phi) is 6.83. The lowest BCUT2D eigenvalue weighted by Crippen LogP contribution is -2.50. The highest BCUT2D eigenvalue weighted by molar-refractivity contribution is 5.86. The van der Waals surface area contributed by atoms with Crippen molar-refractivity contribution in [1.82, 2.24) is 10.2 Å². The summed E-state index contributed by atoms with van der Waals surface area (Å²) in [6, 6.07) is -2.01. The summed E-state index contributed by atoms with van der Waals surface area (Å²) in [5.74, 6) is -3.27. The van der Waals surface area contributed by atoms with E-state index in [-0.39, 0.29) is 12.5 Å². The molecule has 2 amide bonds. The molecular formula is C14H21F3N2O4. The van der Waals surface area contributed by atoms with Crippen molar-refractivity contribution in [3.63, 3.8) is 0 Å². The maximum Gasteiger partial charge on any atom is 0.391 e. The average molecular weight is 338 g/mol. The van der Waals surface area contributed by atoms with Gasteiger partial charge in [-0.05, 0) is 19.3 Å². The van der Waals surface area contributed by atoms with E-state index >= 15 is 0 Å².